The molecule has 9 heteroatoms. The average molecular weight is 432 g/mol. The highest BCUT2D eigenvalue weighted by Crippen LogP contribution is 2.33. The lowest BCUT2D eigenvalue weighted by Crippen LogP contribution is -2.48. The van der Waals surface area contributed by atoms with Gasteiger partial charge in [0.2, 0.25) is 5.91 Å². The Morgan fingerprint density at radius 2 is 1.60 bits per heavy atom. The van der Waals surface area contributed by atoms with Crippen LogP contribution < -0.4 is 18.6 Å². The van der Waals surface area contributed by atoms with Gasteiger partial charge in [0.15, 0.2) is 11.5 Å². The van der Waals surface area contributed by atoms with Gasteiger partial charge in [0.25, 0.3) is 0 Å². The molecule has 2 heterocycles. The molecule has 2 aliphatic heterocycles. The number of nitrogens with zero attached hydrogens (tertiary/aromatic N) is 2. The predicted molar refractivity (Wildman–Crippen MR) is 111 cm³/mol. The predicted octanol–water partition coefficient (Wildman–Crippen LogP) is 2.28. The summed E-state index contributed by atoms with van der Waals surface area (Å²) >= 11 is 0. The normalized spacial score (nSPS) is 16.7. The second-order valence-electron chi connectivity index (χ2n) is 7.18. The van der Waals surface area contributed by atoms with Crippen LogP contribution in [0.25, 0.3) is 0 Å². The molecule has 0 saturated carbocycles. The Balaban J connectivity index is 1.44. The molecular formula is C21H24N2O6S. The summed E-state index contributed by atoms with van der Waals surface area (Å²) in [5, 5.41) is 0. The van der Waals surface area contributed by atoms with Gasteiger partial charge in [-0.2, -0.15) is 8.42 Å². The van der Waals surface area contributed by atoms with E-state index in [-0.39, 0.29) is 16.6 Å². The molecule has 0 atom stereocenters. The summed E-state index contributed by atoms with van der Waals surface area (Å²) in [4.78, 5) is 15.4. The van der Waals surface area contributed by atoms with E-state index in [9.17, 15) is 13.2 Å². The monoisotopic (exact) mass is 432 g/mol. The fraction of sp³-hybridized carbons (Fsp3) is 0.381. The van der Waals surface area contributed by atoms with Gasteiger partial charge in [0.1, 0.15) is 10.6 Å². The largest absolute Gasteiger partial charge is 0.490 e. The topological polar surface area (TPSA) is 85.4 Å². The second kappa shape index (κ2) is 8.43. The summed E-state index contributed by atoms with van der Waals surface area (Å²) in [5.74, 6) is 1.24. The van der Waals surface area contributed by atoms with Crippen LogP contribution >= 0.6 is 0 Å². The number of piperazine rings is 1. The summed E-state index contributed by atoms with van der Waals surface area (Å²) in [7, 11) is -4.01. The van der Waals surface area contributed by atoms with Gasteiger partial charge >= 0.3 is 10.1 Å². The first-order valence-electron chi connectivity index (χ1n) is 9.87. The molecule has 2 aromatic rings. The van der Waals surface area contributed by atoms with E-state index >= 15 is 0 Å². The molecule has 30 heavy (non-hydrogen) atoms. The molecule has 0 spiro atoms. The van der Waals surface area contributed by atoms with Gasteiger partial charge in [-0.15, -0.1) is 0 Å². The fourth-order valence-electron chi connectivity index (χ4n) is 3.47. The van der Waals surface area contributed by atoms with Crippen LogP contribution in [-0.4, -0.2) is 58.6 Å². The first-order chi connectivity index (χ1) is 14.4. The molecule has 0 unspecified atom stereocenters. The van der Waals surface area contributed by atoms with Gasteiger partial charge in [-0.3, -0.25) is 4.79 Å². The molecule has 4 rings (SSSR count). The quantitative estimate of drug-likeness (QED) is 0.685. The first kappa shape index (κ1) is 20.3. The van der Waals surface area contributed by atoms with Crippen molar-refractivity contribution in [3.63, 3.8) is 0 Å². The van der Waals surface area contributed by atoms with Crippen molar-refractivity contribution in [3.8, 4) is 17.2 Å². The Bertz CT molecular complexity index is 1010. The minimum Gasteiger partial charge on any atom is -0.490 e. The zero-order chi connectivity index (χ0) is 21.1. The van der Waals surface area contributed by atoms with E-state index in [2.05, 4.69) is 4.90 Å². The van der Waals surface area contributed by atoms with Crippen molar-refractivity contribution < 1.29 is 26.9 Å². The number of fused-ring (bicyclic) bond motifs is 1. The molecule has 1 saturated heterocycles. The Labute approximate surface area is 176 Å². The van der Waals surface area contributed by atoms with Crippen LogP contribution in [0.15, 0.2) is 47.4 Å². The van der Waals surface area contributed by atoms with Gasteiger partial charge in [0.05, 0.1) is 13.2 Å². The maximum Gasteiger partial charge on any atom is 0.339 e. The molecule has 1 fully saturated rings. The van der Waals surface area contributed by atoms with Gasteiger partial charge < -0.3 is 23.5 Å². The molecule has 0 aliphatic carbocycles. The maximum atomic E-state index is 12.7. The molecular weight excluding hydrogens is 408 g/mol. The van der Waals surface area contributed by atoms with Crippen LogP contribution in [0.3, 0.4) is 0 Å². The van der Waals surface area contributed by atoms with E-state index in [4.69, 9.17) is 13.7 Å². The van der Waals surface area contributed by atoms with Crippen molar-refractivity contribution in [1.29, 1.82) is 0 Å². The third-order valence-corrected chi connectivity index (χ3v) is 6.38. The smallest absolute Gasteiger partial charge is 0.339 e. The number of anilines is 1. The molecule has 0 aromatic heterocycles. The van der Waals surface area contributed by atoms with E-state index in [1.54, 1.807) is 25.1 Å². The number of carbonyl (C=O) groups is 1. The van der Waals surface area contributed by atoms with Crippen LogP contribution in [0.1, 0.15) is 13.3 Å². The Morgan fingerprint density at radius 1 is 0.933 bits per heavy atom. The number of amides is 1. The third-order valence-electron chi connectivity index (χ3n) is 5.14. The summed E-state index contributed by atoms with van der Waals surface area (Å²) in [6.45, 7) is 5.39. The first-order valence-corrected chi connectivity index (χ1v) is 11.3. The fourth-order valence-corrected chi connectivity index (χ4v) is 4.41. The van der Waals surface area contributed by atoms with Crippen LogP contribution in [-0.2, 0) is 14.9 Å². The number of rotatable bonds is 4. The van der Waals surface area contributed by atoms with Crippen molar-refractivity contribution in [2.75, 3.05) is 44.3 Å². The van der Waals surface area contributed by atoms with E-state index in [1.165, 1.54) is 12.1 Å². The highest BCUT2D eigenvalue weighted by atomic mass is 32.2. The number of benzene rings is 2. The second-order valence-corrected chi connectivity index (χ2v) is 8.73. The Hall–Kier alpha value is -2.94. The molecule has 8 nitrogen and oxygen atoms in total. The summed E-state index contributed by atoms with van der Waals surface area (Å²) < 4.78 is 41.8. The van der Waals surface area contributed by atoms with E-state index in [0.29, 0.717) is 37.8 Å². The average Bonchev–Trinajstić information content (AvgIpc) is 2.99. The molecule has 2 aromatic carbocycles. The number of hydrogen-bond acceptors (Lipinski definition) is 7. The summed E-state index contributed by atoms with van der Waals surface area (Å²) in [5.41, 5.74) is 0.957. The molecule has 0 bridgehead atoms. The SMILES string of the molecule is CC(=O)N1CCN(c2ccc(OS(=O)(=O)c3ccc4c(c3)OCCCO4)cc2)CC1. The zero-order valence-electron chi connectivity index (χ0n) is 16.7. The highest BCUT2D eigenvalue weighted by Gasteiger charge is 2.22. The van der Waals surface area contributed by atoms with Gasteiger partial charge in [-0.25, -0.2) is 0 Å². The third kappa shape index (κ3) is 4.46. The lowest BCUT2D eigenvalue weighted by molar-refractivity contribution is -0.129. The van der Waals surface area contributed by atoms with Crippen LogP contribution in [0.5, 0.6) is 17.2 Å². The van der Waals surface area contributed by atoms with E-state index in [1.807, 2.05) is 17.0 Å². The van der Waals surface area contributed by atoms with E-state index < -0.39 is 10.1 Å². The van der Waals surface area contributed by atoms with Crippen molar-refractivity contribution in [2.45, 2.75) is 18.2 Å². The zero-order valence-corrected chi connectivity index (χ0v) is 17.6. The number of ether oxygens (including phenoxy) is 2. The number of hydrogen-bond donors (Lipinski definition) is 0. The van der Waals surface area contributed by atoms with Crippen molar-refractivity contribution in [3.05, 3.63) is 42.5 Å². The molecule has 1 amide bonds. The van der Waals surface area contributed by atoms with Crippen molar-refractivity contribution in [1.82, 2.24) is 4.90 Å². The van der Waals surface area contributed by atoms with Gasteiger partial charge in [-0.05, 0) is 36.4 Å². The molecule has 0 N–H and O–H groups in total. The van der Waals surface area contributed by atoms with Crippen LogP contribution in [0.4, 0.5) is 5.69 Å². The standard InChI is InChI=1S/C21H24N2O6S/c1-16(24)22-9-11-23(12-10-22)17-3-5-18(6-4-17)29-30(25,26)19-7-8-20-21(15-19)28-14-2-13-27-20/h3-8,15H,2,9-14H2,1H3. The van der Waals surface area contributed by atoms with Gasteiger partial charge in [0, 0.05) is 51.3 Å². The minimum atomic E-state index is -4.01. The van der Waals surface area contributed by atoms with Crippen LogP contribution in [0, 0.1) is 0 Å². The maximum absolute atomic E-state index is 12.7. The lowest BCUT2D eigenvalue weighted by Gasteiger charge is -2.35. The van der Waals surface area contributed by atoms with Crippen molar-refractivity contribution >= 4 is 21.7 Å². The van der Waals surface area contributed by atoms with Crippen LogP contribution in [0.2, 0.25) is 0 Å². The summed E-state index contributed by atoms with van der Waals surface area (Å²) in [6, 6.07) is 11.4. The Kier molecular flexibility index (Phi) is 5.72. The molecule has 160 valence electrons. The molecule has 0 radical (unpaired) electrons. The van der Waals surface area contributed by atoms with E-state index in [0.717, 1.165) is 25.2 Å². The summed E-state index contributed by atoms with van der Waals surface area (Å²) in [6.07, 6.45) is 0.739. The van der Waals surface area contributed by atoms with Gasteiger partial charge in [-0.1, -0.05) is 0 Å². The number of carbonyl (C=O) groups excluding carboxylic acids is 1. The van der Waals surface area contributed by atoms with Crippen molar-refractivity contribution in [2.24, 2.45) is 0 Å². The highest BCUT2D eigenvalue weighted by molar-refractivity contribution is 7.87. The molecule has 2 aliphatic rings. The minimum absolute atomic E-state index is 0.0104. The Morgan fingerprint density at radius 3 is 2.27 bits per heavy atom. The lowest BCUT2D eigenvalue weighted by atomic mass is 10.2.